The number of halogens is 1. The van der Waals surface area contributed by atoms with E-state index in [4.69, 9.17) is 0 Å². The molecule has 0 radical (unpaired) electrons. The minimum Gasteiger partial charge on any atom is -0.325 e. The maximum atomic E-state index is 13.2. The molecule has 2 heterocycles. The average Bonchev–Trinajstić information content (AvgIpc) is 3.30. The minimum atomic E-state index is -3.90. The quantitative estimate of drug-likeness (QED) is 0.610. The van der Waals surface area contributed by atoms with Crippen molar-refractivity contribution in [2.24, 2.45) is 0 Å². The molecule has 0 saturated carbocycles. The van der Waals surface area contributed by atoms with E-state index in [0.29, 0.717) is 18.5 Å². The third-order valence-electron chi connectivity index (χ3n) is 5.22. The molecule has 1 N–H and O–H groups in total. The van der Waals surface area contributed by atoms with Crippen molar-refractivity contribution in [2.45, 2.75) is 23.8 Å². The maximum absolute atomic E-state index is 13.2. The van der Waals surface area contributed by atoms with Gasteiger partial charge in [-0.25, -0.2) is 12.8 Å². The highest BCUT2D eigenvalue weighted by atomic mass is 32.2. The number of amides is 1. The van der Waals surface area contributed by atoms with E-state index in [-0.39, 0.29) is 17.3 Å². The van der Waals surface area contributed by atoms with Gasteiger partial charge in [-0.3, -0.25) is 9.78 Å². The van der Waals surface area contributed by atoms with Gasteiger partial charge in [-0.15, -0.1) is 0 Å². The van der Waals surface area contributed by atoms with E-state index < -0.39 is 21.9 Å². The molecule has 6 nitrogen and oxygen atoms in total. The summed E-state index contributed by atoms with van der Waals surface area (Å²) in [5.74, 6) is -0.907. The third kappa shape index (κ3) is 4.92. The summed E-state index contributed by atoms with van der Waals surface area (Å²) in [4.78, 5) is 17.2. The summed E-state index contributed by atoms with van der Waals surface area (Å²) < 4.78 is 40.4. The van der Waals surface area contributed by atoms with Crippen molar-refractivity contribution >= 4 is 33.8 Å². The lowest BCUT2D eigenvalue weighted by atomic mass is 10.1. The number of nitrogens with one attached hydrogen (secondary N) is 1. The van der Waals surface area contributed by atoms with Gasteiger partial charge in [0.15, 0.2) is 0 Å². The second-order valence-electron chi connectivity index (χ2n) is 7.43. The molecule has 1 amide bonds. The number of anilines is 1. The number of sulfonamides is 1. The van der Waals surface area contributed by atoms with E-state index >= 15 is 0 Å². The predicted molar refractivity (Wildman–Crippen MR) is 122 cm³/mol. The topological polar surface area (TPSA) is 79.4 Å². The van der Waals surface area contributed by atoms with Crippen LogP contribution in [0.1, 0.15) is 24.1 Å². The van der Waals surface area contributed by atoms with E-state index in [2.05, 4.69) is 10.3 Å². The molecule has 1 aromatic heterocycles. The van der Waals surface area contributed by atoms with Crippen LogP contribution in [0.3, 0.4) is 0 Å². The van der Waals surface area contributed by atoms with Crippen LogP contribution in [-0.4, -0.2) is 36.2 Å². The Bertz CT molecular complexity index is 1230. The predicted octanol–water partition coefficient (Wildman–Crippen LogP) is 4.18. The normalized spacial score (nSPS) is 17.0. The van der Waals surface area contributed by atoms with Crippen molar-refractivity contribution in [1.29, 1.82) is 0 Å². The van der Waals surface area contributed by atoms with Crippen LogP contribution >= 0.6 is 0 Å². The van der Waals surface area contributed by atoms with E-state index in [9.17, 15) is 17.6 Å². The molecule has 32 heavy (non-hydrogen) atoms. The molecule has 1 saturated heterocycles. The van der Waals surface area contributed by atoms with Crippen LogP contribution in [-0.2, 0) is 14.8 Å². The van der Waals surface area contributed by atoms with E-state index in [1.165, 1.54) is 16.4 Å². The zero-order valence-corrected chi connectivity index (χ0v) is 18.0. The highest BCUT2D eigenvalue weighted by Crippen LogP contribution is 2.27. The number of rotatable bonds is 6. The zero-order valence-electron chi connectivity index (χ0n) is 17.2. The lowest BCUT2D eigenvalue weighted by Gasteiger charge is -2.23. The second-order valence-corrected chi connectivity index (χ2v) is 9.32. The number of benzene rings is 2. The molecule has 8 heteroatoms. The lowest BCUT2D eigenvalue weighted by molar-refractivity contribution is -0.119. The van der Waals surface area contributed by atoms with Crippen LogP contribution in [0.15, 0.2) is 77.8 Å². The summed E-state index contributed by atoms with van der Waals surface area (Å²) in [5, 5.41) is 2.83. The first kappa shape index (κ1) is 21.9. The van der Waals surface area contributed by atoms with Crippen molar-refractivity contribution in [2.75, 3.05) is 11.9 Å². The monoisotopic (exact) mass is 451 g/mol. The average molecular weight is 452 g/mol. The van der Waals surface area contributed by atoms with E-state index in [0.717, 1.165) is 23.4 Å². The summed E-state index contributed by atoms with van der Waals surface area (Å²) >= 11 is 0. The largest absolute Gasteiger partial charge is 0.325 e. The summed E-state index contributed by atoms with van der Waals surface area (Å²) in [7, 11) is -3.90. The molecule has 164 valence electrons. The van der Waals surface area contributed by atoms with Gasteiger partial charge in [0.1, 0.15) is 11.9 Å². The Morgan fingerprint density at radius 3 is 2.62 bits per heavy atom. The molecule has 1 unspecified atom stereocenters. The highest BCUT2D eigenvalue weighted by Gasteiger charge is 2.39. The molecule has 3 aromatic rings. The lowest BCUT2D eigenvalue weighted by Crippen LogP contribution is -2.43. The van der Waals surface area contributed by atoms with Gasteiger partial charge in [0.05, 0.1) is 10.6 Å². The first-order valence-corrected chi connectivity index (χ1v) is 11.6. The van der Waals surface area contributed by atoms with Gasteiger partial charge in [-0.1, -0.05) is 24.3 Å². The molecular weight excluding hydrogens is 429 g/mol. The molecule has 1 atom stereocenters. The SMILES string of the molecule is O=C(Nc1cccc(C=Cc2ccccn2)c1)C1CCCN1S(=O)(=O)c1ccc(F)cc1. The standard InChI is InChI=1S/C24H22FN3O3S/c25-19-10-13-22(14-11-19)32(30,31)28-16-4-8-23(28)24(29)27-21-7-3-5-18(17-21)9-12-20-6-1-2-15-26-20/h1-3,5-7,9-15,17,23H,4,8,16H2,(H,27,29). The van der Waals surface area contributed by atoms with Gasteiger partial charge in [-0.2, -0.15) is 4.31 Å². The van der Waals surface area contributed by atoms with Crippen LogP contribution in [0.25, 0.3) is 12.2 Å². The Morgan fingerprint density at radius 1 is 1.06 bits per heavy atom. The minimum absolute atomic E-state index is 0.0275. The fraction of sp³-hybridized carbons (Fsp3) is 0.167. The zero-order chi connectivity index (χ0) is 22.6. The Labute approximate surface area is 186 Å². The smallest absolute Gasteiger partial charge is 0.243 e. The first-order valence-electron chi connectivity index (χ1n) is 10.2. The van der Waals surface area contributed by atoms with Crippen LogP contribution in [0.2, 0.25) is 0 Å². The number of pyridine rings is 1. The Morgan fingerprint density at radius 2 is 1.88 bits per heavy atom. The molecule has 4 rings (SSSR count). The second kappa shape index (κ2) is 9.42. The van der Waals surface area contributed by atoms with Gasteiger partial charge in [0.2, 0.25) is 15.9 Å². The van der Waals surface area contributed by atoms with Gasteiger partial charge in [-0.05, 0) is 73.0 Å². The fourth-order valence-electron chi connectivity index (χ4n) is 3.63. The van der Waals surface area contributed by atoms with Crippen molar-refractivity contribution in [3.8, 4) is 0 Å². The van der Waals surface area contributed by atoms with E-state index in [1.54, 1.807) is 12.3 Å². The van der Waals surface area contributed by atoms with Crippen molar-refractivity contribution in [3.63, 3.8) is 0 Å². The third-order valence-corrected chi connectivity index (χ3v) is 7.14. The molecule has 0 spiro atoms. The fourth-order valence-corrected chi connectivity index (χ4v) is 5.29. The molecule has 1 fully saturated rings. The molecule has 0 aliphatic carbocycles. The van der Waals surface area contributed by atoms with Crippen LogP contribution in [0.4, 0.5) is 10.1 Å². The van der Waals surface area contributed by atoms with Gasteiger partial charge >= 0.3 is 0 Å². The summed E-state index contributed by atoms with van der Waals surface area (Å²) in [6.07, 6.45) is 6.47. The van der Waals surface area contributed by atoms with Crippen molar-refractivity contribution in [1.82, 2.24) is 9.29 Å². The summed E-state index contributed by atoms with van der Waals surface area (Å²) in [6.45, 7) is 0.241. The summed E-state index contributed by atoms with van der Waals surface area (Å²) in [6, 6.07) is 16.7. The molecule has 1 aliphatic rings. The number of carbonyl (C=O) groups excluding carboxylic acids is 1. The van der Waals surface area contributed by atoms with Crippen LogP contribution in [0, 0.1) is 5.82 Å². The number of hydrogen-bond acceptors (Lipinski definition) is 4. The number of nitrogens with zero attached hydrogens (tertiary/aromatic N) is 2. The molecular formula is C24H22FN3O3S. The van der Waals surface area contributed by atoms with Gasteiger partial charge in [0, 0.05) is 18.4 Å². The molecule has 1 aliphatic heterocycles. The Hall–Kier alpha value is -3.36. The number of carbonyl (C=O) groups is 1. The Kier molecular flexibility index (Phi) is 6.43. The van der Waals surface area contributed by atoms with Gasteiger partial charge < -0.3 is 5.32 Å². The Balaban J connectivity index is 1.48. The van der Waals surface area contributed by atoms with Crippen LogP contribution in [0.5, 0.6) is 0 Å². The molecule has 2 aromatic carbocycles. The molecule has 0 bridgehead atoms. The van der Waals surface area contributed by atoms with Gasteiger partial charge in [0.25, 0.3) is 0 Å². The first-order chi connectivity index (χ1) is 15.4. The number of hydrogen-bond donors (Lipinski definition) is 1. The van der Waals surface area contributed by atoms with Crippen molar-refractivity contribution in [3.05, 3.63) is 90.0 Å². The number of aromatic nitrogens is 1. The van der Waals surface area contributed by atoms with Crippen LogP contribution < -0.4 is 5.32 Å². The summed E-state index contributed by atoms with van der Waals surface area (Å²) in [5.41, 5.74) is 2.26. The maximum Gasteiger partial charge on any atom is 0.243 e. The highest BCUT2D eigenvalue weighted by molar-refractivity contribution is 7.89. The van der Waals surface area contributed by atoms with Crippen molar-refractivity contribution < 1.29 is 17.6 Å². The van der Waals surface area contributed by atoms with E-state index in [1.807, 2.05) is 48.6 Å².